The van der Waals surface area contributed by atoms with E-state index in [1.165, 1.54) is 51.7 Å². The van der Waals surface area contributed by atoms with Gasteiger partial charge >= 0.3 is 0 Å². The molecule has 3 nitrogen and oxygen atoms in total. The summed E-state index contributed by atoms with van der Waals surface area (Å²) in [5.41, 5.74) is 6.38. The third-order valence-electron chi connectivity index (χ3n) is 4.66. The summed E-state index contributed by atoms with van der Waals surface area (Å²) in [4.78, 5) is 5.00. The Hall–Kier alpha value is -0.120. The molecule has 18 heavy (non-hydrogen) atoms. The molecule has 1 heterocycles. The van der Waals surface area contributed by atoms with E-state index in [0.717, 1.165) is 12.5 Å². The van der Waals surface area contributed by atoms with Crippen LogP contribution >= 0.6 is 0 Å². The van der Waals surface area contributed by atoms with Gasteiger partial charge in [0.1, 0.15) is 0 Å². The standard InChI is InChI=1S/C15H33N3/c1-5-9-15(6-2,13-16)18-10-7-14(8-11-18)12-17(3)4/h14H,5-13,16H2,1-4H3. The van der Waals surface area contributed by atoms with Gasteiger partial charge in [-0.25, -0.2) is 0 Å². The van der Waals surface area contributed by atoms with Crippen LogP contribution < -0.4 is 5.73 Å². The minimum absolute atomic E-state index is 0.276. The Balaban J connectivity index is 2.53. The highest BCUT2D eigenvalue weighted by Crippen LogP contribution is 2.30. The van der Waals surface area contributed by atoms with E-state index in [-0.39, 0.29) is 5.54 Å². The summed E-state index contributed by atoms with van der Waals surface area (Å²) in [6.45, 7) is 9.11. The first-order valence-corrected chi connectivity index (χ1v) is 7.67. The van der Waals surface area contributed by atoms with E-state index in [1.807, 2.05) is 0 Å². The van der Waals surface area contributed by atoms with Gasteiger partial charge in [0, 0.05) is 18.6 Å². The molecule has 108 valence electrons. The van der Waals surface area contributed by atoms with E-state index in [9.17, 15) is 0 Å². The highest BCUT2D eigenvalue weighted by atomic mass is 15.2. The molecule has 0 saturated carbocycles. The average molecular weight is 255 g/mol. The van der Waals surface area contributed by atoms with Crippen molar-refractivity contribution in [1.82, 2.24) is 9.80 Å². The molecule has 0 aromatic carbocycles. The van der Waals surface area contributed by atoms with Crippen LogP contribution in [0.25, 0.3) is 0 Å². The van der Waals surface area contributed by atoms with Crippen molar-refractivity contribution in [3.8, 4) is 0 Å². The predicted octanol–water partition coefficient (Wildman–Crippen LogP) is 2.17. The van der Waals surface area contributed by atoms with Crippen molar-refractivity contribution >= 4 is 0 Å². The third-order valence-corrected chi connectivity index (χ3v) is 4.66. The maximum Gasteiger partial charge on any atom is 0.0329 e. The fourth-order valence-corrected chi connectivity index (χ4v) is 3.51. The van der Waals surface area contributed by atoms with E-state index in [0.29, 0.717) is 0 Å². The highest BCUT2D eigenvalue weighted by molar-refractivity contribution is 4.92. The van der Waals surface area contributed by atoms with Crippen LogP contribution in [-0.2, 0) is 0 Å². The number of piperidine rings is 1. The van der Waals surface area contributed by atoms with Gasteiger partial charge in [-0.3, -0.25) is 4.90 Å². The van der Waals surface area contributed by atoms with E-state index in [4.69, 9.17) is 5.73 Å². The summed E-state index contributed by atoms with van der Waals surface area (Å²) in [5.74, 6) is 0.880. The van der Waals surface area contributed by atoms with Gasteiger partial charge in [-0.15, -0.1) is 0 Å². The van der Waals surface area contributed by atoms with Gasteiger partial charge in [-0.05, 0) is 58.8 Å². The van der Waals surface area contributed by atoms with Gasteiger partial charge in [0.15, 0.2) is 0 Å². The van der Waals surface area contributed by atoms with E-state index < -0.39 is 0 Å². The van der Waals surface area contributed by atoms with Crippen molar-refractivity contribution in [2.45, 2.75) is 51.5 Å². The van der Waals surface area contributed by atoms with Crippen LogP contribution in [-0.4, -0.2) is 55.6 Å². The molecule has 3 heteroatoms. The number of likely N-dealkylation sites (tertiary alicyclic amines) is 1. The van der Waals surface area contributed by atoms with Crippen molar-refractivity contribution in [2.24, 2.45) is 11.7 Å². The number of nitrogens with zero attached hydrogens (tertiary/aromatic N) is 2. The molecule has 0 bridgehead atoms. The van der Waals surface area contributed by atoms with Crippen molar-refractivity contribution in [3.63, 3.8) is 0 Å². The van der Waals surface area contributed by atoms with Gasteiger partial charge in [-0.1, -0.05) is 20.3 Å². The Morgan fingerprint density at radius 1 is 1.22 bits per heavy atom. The van der Waals surface area contributed by atoms with Crippen molar-refractivity contribution in [3.05, 3.63) is 0 Å². The first kappa shape index (κ1) is 15.9. The third kappa shape index (κ3) is 3.94. The van der Waals surface area contributed by atoms with Crippen molar-refractivity contribution < 1.29 is 0 Å². The van der Waals surface area contributed by atoms with Crippen molar-refractivity contribution in [1.29, 1.82) is 0 Å². The number of hydrogen-bond donors (Lipinski definition) is 1. The van der Waals surface area contributed by atoms with Crippen LogP contribution in [0.5, 0.6) is 0 Å². The molecule has 1 fully saturated rings. The van der Waals surface area contributed by atoms with Crippen LogP contribution in [0, 0.1) is 5.92 Å². The molecule has 0 aromatic heterocycles. The highest BCUT2D eigenvalue weighted by Gasteiger charge is 2.35. The van der Waals surface area contributed by atoms with E-state index in [1.54, 1.807) is 0 Å². The molecule has 2 N–H and O–H groups in total. The zero-order chi connectivity index (χ0) is 13.6. The predicted molar refractivity (Wildman–Crippen MR) is 79.8 cm³/mol. The molecule has 1 aliphatic heterocycles. The second kappa shape index (κ2) is 7.46. The Morgan fingerprint density at radius 3 is 2.22 bits per heavy atom. The lowest BCUT2D eigenvalue weighted by Gasteiger charge is -2.47. The zero-order valence-corrected chi connectivity index (χ0v) is 12.9. The summed E-state index contributed by atoms with van der Waals surface area (Å²) in [6.07, 6.45) is 6.35. The minimum Gasteiger partial charge on any atom is -0.329 e. The molecule has 1 rings (SSSR count). The Morgan fingerprint density at radius 2 is 1.83 bits per heavy atom. The smallest absolute Gasteiger partial charge is 0.0329 e. The minimum atomic E-state index is 0.276. The average Bonchev–Trinajstić information content (AvgIpc) is 2.36. The molecule has 1 atom stereocenters. The summed E-state index contributed by atoms with van der Waals surface area (Å²) in [5, 5.41) is 0. The number of nitrogens with two attached hydrogens (primary N) is 1. The zero-order valence-electron chi connectivity index (χ0n) is 12.9. The number of rotatable bonds is 7. The fourth-order valence-electron chi connectivity index (χ4n) is 3.51. The maximum atomic E-state index is 6.10. The lowest BCUT2D eigenvalue weighted by Crippen LogP contribution is -2.56. The van der Waals surface area contributed by atoms with Gasteiger partial charge in [-0.2, -0.15) is 0 Å². The topological polar surface area (TPSA) is 32.5 Å². The monoisotopic (exact) mass is 255 g/mol. The fraction of sp³-hybridized carbons (Fsp3) is 1.00. The quantitative estimate of drug-likeness (QED) is 0.757. The molecule has 1 unspecified atom stereocenters. The molecule has 1 saturated heterocycles. The van der Waals surface area contributed by atoms with E-state index >= 15 is 0 Å². The summed E-state index contributed by atoms with van der Waals surface area (Å²) >= 11 is 0. The van der Waals surface area contributed by atoms with Crippen LogP contribution in [0.2, 0.25) is 0 Å². The van der Waals surface area contributed by atoms with Gasteiger partial charge in [0.25, 0.3) is 0 Å². The normalized spacial score (nSPS) is 22.3. The van der Waals surface area contributed by atoms with Gasteiger partial charge in [0.2, 0.25) is 0 Å². The molecule has 0 spiro atoms. The lowest BCUT2D eigenvalue weighted by atomic mass is 9.85. The summed E-state index contributed by atoms with van der Waals surface area (Å²) < 4.78 is 0. The second-order valence-electron chi connectivity index (χ2n) is 6.22. The van der Waals surface area contributed by atoms with Crippen molar-refractivity contribution in [2.75, 3.05) is 40.3 Å². The van der Waals surface area contributed by atoms with Gasteiger partial charge < -0.3 is 10.6 Å². The SMILES string of the molecule is CCCC(CC)(CN)N1CCC(CN(C)C)CC1. The van der Waals surface area contributed by atoms with Gasteiger partial charge in [0.05, 0.1) is 0 Å². The van der Waals surface area contributed by atoms with Crippen LogP contribution in [0.3, 0.4) is 0 Å². The Bertz CT molecular complexity index is 216. The van der Waals surface area contributed by atoms with Crippen LogP contribution in [0.15, 0.2) is 0 Å². The molecule has 0 aromatic rings. The Kier molecular flexibility index (Phi) is 6.61. The van der Waals surface area contributed by atoms with E-state index in [2.05, 4.69) is 37.7 Å². The van der Waals surface area contributed by atoms with Crippen LogP contribution in [0.1, 0.15) is 46.0 Å². The molecule has 1 aliphatic rings. The first-order valence-electron chi connectivity index (χ1n) is 7.67. The number of hydrogen-bond acceptors (Lipinski definition) is 3. The molecular formula is C15H33N3. The Labute approximate surface area is 114 Å². The maximum absolute atomic E-state index is 6.10. The molecule has 0 amide bonds. The second-order valence-corrected chi connectivity index (χ2v) is 6.22. The summed E-state index contributed by atoms with van der Waals surface area (Å²) in [7, 11) is 4.36. The molecular weight excluding hydrogens is 222 g/mol. The first-order chi connectivity index (χ1) is 8.57. The van der Waals surface area contributed by atoms with Crippen LogP contribution in [0.4, 0.5) is 0 Å². The molecule has 0 radical (unpaired) electrons. The molecule has 0 aliphatic carbocycles. The lowest BCUT2D eigenvalue weighted by molar-refractivity contribution is 0.0398. The largest absolute Gasteiger partial charge is 0.329 e. The summed E-state index contributed by atoms with van der Waals surface area (Å²) in [6, 6.07) is 0.